The molecule has 0 bridgehead atoms. The van der Waals surface area contributed by atoms with Gasteiger partial charge in [-0.2, -0.15) is 0 Å². The monoisotopic (exact) mass is 334 g/mol. The fraction of sp³-hybridized carbons (Fsp3) is 0.500. The number of nitro groups is 1. The summed E-state index contributed by atoms with van der Waals surface area (Å²) >= 11 is 0. The number of anilines is 1. The molecule has 8 nitrogen and oxygen atoms in total. The molecule has 2 rings (SSSR count). The van der Waals surface area contributed by atoms with Crippen LogP contribution in [-0.4, -0.2) is 43.4 Å². The third-order valence-corrected chi connectivity index (χ3v) is 4.16. The van der Waals surface area contributed by atoms with E-state index >= 15 is 0 Å². The van der Waals surface area contributed by atoms with Gasteiger partial charge in [-0.05, 0) is 24.8 Å². The Kier molecular flexibility index (Phi) is 5.73. The standard InChI is InChI=1S/C16H22N4O4/c1-11(21)18-9-12-4-3-7-19(10-12)15-6-5-13(20(23)24)8-14(15)16(22)17-2/h5-6,8,12H,3-4,7,9-10H2,1-2H3,(H,17,22)(H,18,21). The molecule has 130 valence electrons. The molecule has 1 aliphatic heterocycles. The van der Waals surface area contributed by atoms with Crippen LogP contribution < -0.4 is 15.5 Å². The molecule has 1 aromatic carbocycles. The number of hydrogen-bond acceptors (Lipinski definition) is 5. The number of non-ortho nitro benzene ring substituents is 1. The number of rotatable bonds is 5. The Labute approximate surface area is 140 Å². The van der Waals surface area contributed by atoms with Crippen molar-refractivity contribution in [1.82, 2.24) is 10.6 Å². The molecule has 1 aliphatic rings. The molecule has 8 heteroatoms. The van der Waals surface area contributed by atoms with Crippen molar-refractivity contribution in [3.05, 3.63) is 33.9 Å². The van der Waals surface area contributed by atoms with Gasteiger partial charge >= 0.3 is 0 Å². The molecule has 1 saturated heterocycles. The largest absolute Gasteiger partial charge is 0.371 e. The normalized spacial score (nSPS) is 17.2. The second kappa shape index (κ2) is 7.76. The van der Waals surface area contributed by atoms with Gasteiger partial charge in [0.15, 0.2) is 0 Å². The number of nitrogens with one attached hydrogen (secondary N) is 2. The number of nitro benzene ring substituents is 1. The van der Waals surface area contributed by atoms with Crippen molar-refractivity contribution < 1.29 is 14.5 Å². The van der Waals surface area contributed by atoms with Gasteiger partial charge in [0, 0.05) is 45.7 Å². The summed E-state index contributed by atoms with van der Waals surface area (Å²) in [5.41, 5.74) is 0.878. The Morgan fingerprint density at radius 1 is 1.42 bits per heavy atom. The lowest BCUT2D eigenvalue weighted by atomic mass is 9.96. The summed E-state index contributed by atoms with van der Waals surface area (Å²) < 4.78 is 0. The smallest absolute Gasteiger partial charge is 0.270 e. The number of carbonyl (C=O) groups excluding carboxylic acids is 2. The summed E-state index contributed by atoms with van der Waals surface area (Å²) in [5, 5.41) is 16.3. The lowest BCUT2D eigenvalue weighted by Gasteiger charge is -2.35. The summed E-state index contributed by atoms with van der Waals surface area (Å²) in [6.45, 7) is 3.55. The lowest BCUT2D eigenvalue weighted by Crippen LogP contribution is -2.41. The molecule has 2 amide bonds. The minimum Gasteiger partial charge on any atom is -0.371 e. The van der Waals surface area contributed by atoms with E-state index in [1.807, 2.05) is 0 Å². The fourth-order valence-corrected chi connectivity index (χ4v) is 2.97. The third kappa shape index (κ3) is 4.21. The first-order valence-electron chi connectivity index (χ1n) is 7.92. The molecule has 1 unspecified atom stereocenters. The van der Waals surface area contributed by atoms with E-state index in [0.717, 1.165) is 19.4 Å². The molecule has 0 radical (unpaired) electrons. The van der Waals surface area contributed by atoms with Crippen LogP contribution in [0.2, 0.25) is 0 Å². The zero-order chi connectivity index (χ0) is 17.7. The zero-order valence-corrected chi connectivity index (χ0v) is 13.9. The maximum Gasteiger partial charge on any atom is 0.270 e. The van der Waals surface area contributed by atoms with Crippen LogP contribution in [0.15, 0.2) is 18.2 Å². The average molecular weight is 334 g/mol. The maximum atomic E-state index is 12.1. The molecule has 1 atom stereocenters. The van der Waals surface area contributed by atoms with Crippen molar-refractivity contribution in [2.24, 2.45) is 5.92 Å². The lowest BCUT2D eigenvalue weighted by molar-refractivity contribution is -0.384. The van der Waals surface area contributed by atoms with Crippen molar-refractivity contribution >= 4 is 23.2 Å². The Balaban J connectivity index is 2.24. The highest BCUT2D eigenvalue weighted by molar-refractivity contribution is 6.00. The highest BCUT2D eigenvalue weighted by atomic mass is 16.6. The van der Waals surface area contributed by atoms with E-state index in [1.54, 1.807) is 6.07 Å². The van der Waals surface area contributed by atoms with Gasteiger partial charge in [0.1, 0.15) is 0 Å². The van der Waals surface area contributed by atoms with Gasteiger partial charge in [0.05, 0.1) is 16.2 Å². The van der Waals surface area contributed by atoms with Gasteiger partial charge in [-0.3, -0.25) is 19.7 Å². The van der Waals surface area contributed by atoms with Crippen molar-refractivity contribution in [1.29, 1.82) is 0 Å². The van der Waals surface area contributed by atoms with Crippen LogP contribution in [0.1, 0.15) is 30.1 Å². The van der Waals surface area contributed by atoms with E-state index < -0.39 is 4.92 Å². The molecule has 0 aromatic heterocycles. The molecule has 2 N–H and O–H groups in total. The highest BCUT2D eigenvalue weighted by Gasteiger charge is 2.25. The number of benzene rings is 1. The quantitative estimate of drug-likeness (QED) is 0.624. The molecule has 1 aromatic rings. The van der Waals surface area contributed by atoms with Crippen LogP contribution in [0.3, 0.4) is 0 Å². The Morgan fingerprint density at radius 2 is 2.17 bits per heavy atom. The van der Waals surface area contributed by atoms with E-state index in [2.05, 4.69) is 15.5 Å². The van der Waals surface area contributed by atoms with Crippen LogP contribution in [-0.2, 0) is 4.79 Å². The first-order valence-corrected chi connectivity index (χ1v) is 7.92. The molecule has 0 aliphatic carbocycles. The van der Waals surface area contributed by atoms with Gasteiger partial charge in [-0.1, -0.05) is 0 Å². The molecule has 1 heterocycles. The molecule has 1 fully saturated rings. The van der Waals surface area contributed by atoms with Gasteiger partial charge in [-0.25, -0.2) is 0 Å². The molecule has 24 heavy (non-hydrogen) atoms. The number of piperidine rings is 1. The molecule has 0 saturated carbocycles. The summed E-state index contributed by atoms with van der Waals surface area (Å²) in [7, 11) is 1.50. The Morgan fingerprint density at radius 3 is 2.79 bits per heavy atom. The van der Waals surface area contributed by atoms with Gasteiger partial charge in [0.25, 0.3) is 11.6 Å². The summed E-state index contributed by atoms with van der Waals surface area (Å²) in [6, 6.07) is 4.36. The van der Waals surface area contributed by atoms with Crippen LogP contribution in [0.4, 0.5) is 11.4 Å². The highest BCUT2D eigenvalue weighted by Crippen LogP contribution is 2.29. The average Bonchev–Trinajstić information content (AvgIpc) is 2.58. The van der Waals surface area contributed by atoms with Crippen LogP contribution >= 0.6 is 0 Å². The second-order valence-electron chi connectivity index (χ2n) is 5.93. The van der Waals surface area contributed by atoms with Gasteiger partial charge < -0.3 is 15.5 Å². The van der Waals surface area contributed by atoms with Crippen LogP contribution in [0.25, 0.3) is 0 Å². The minimum absolute atomic E-state index is 0.0616. The van der Waals surface area contributed by atoms with Crippen molar-refractivity contribution in [3.63, 3.8) is 0 Å². The summed E-state index contributed by atoms with van der Waals surface area (Å²) in [6.07, 6.45) is 1.94. The van der Waals surface area contributed by atoms with Gasteiger partial charge in [0.2, 0.25) is 5.91 Å². The fourth-order valence-electron chi connectivity index (χ4n) is 2.97. The summed E-state index contributed by atoms with van der Waals surface area (Å²) in [5.74, 6) is -0.124. The van der Waals surface area contributed by atoms with Gasteiger partial charge in [-0.15, -0.1) is 0 Å². The van der Waals surface area contributed by atoms with Crippen LogP contribution in [0, 0.1) is 16.0 Å². The van der Waals surface area contributed by atoms with Crippen molar-refractivity contribution in [2.45, 2.75) is 19.8 Å². The first kappa shape index (κ1) is 17.7. The van der Waals surface area contributed by atoms with E-state index in [-0.39, 0.29) is 23.4 Å². The molecular formula is C16H22N4O4. The SMILES string of the molecule is CNC(=O)c1cc([N+](=O)[O-])ccc1N1CCCC(CNC(C)=O)C1. The maximum absolute atomic E-state index is 12.1. The number of hydrogen-bond donors (Lipinski definition) is 2. The van der Waals surface area contributed by atoms with E-state index in [1.165, 1.54) is 26.1 Å². The number of amides is 2. The topological polar surface area (TPSA) is 105 Å². The van der Waals surface area contributed by atoms with Crippen molar-refractivity contribution in [3.8, 4) is 0 Å². The zero-order valence-electron chi connectivity index (χ0n) is 13.9. The summed E-state index contributed by atoms with van der Waals surface area (Å²) in [4.78, 5) is 35.7. The third-order valence-electron chi connectivity index (χ3n) is 4.16. The first-order chi connectivity index (χ1) is 11.4. The predicted octanol–water partition coefficient (Wildman–Crippen LogP) is 1.31. The predicted molar refractivity (Wildman–Crippen MR) is 90.1 cm³/mol. The second-order valence-corrected chi connectivity index (χ2v) is 5.93. The Hall–Kier alpha value is -2.64. The molecular weight excluding hydrogens is 312 g/mol. The Bertz CT molecular complexity index is 647. The van der Waals surface area contributed by atoms with E-state index in [0.29, 0.717) is 24.3 Å². The van der Waals surface area contributed by atoms with Crippen LogP contribution in [0.5, 0.6) is 0 Å². The molecule has 0 spiro atoms. The van der Waals surface area contributed by atoms with E-state index in [9.17, 15) is 19.7 Å². The van der Waals surface area contributed by atoms with E-state index in [4.69, 9.17) is 0 Å². The minimum atomic E-state index is -0.508. The number of nitrogens with zero attached hydrogens (tertiary/aromatic N) is 2. The number of carbonyl (C=O) groups is 2. The van der Waals surface area contributed by atoms with Crippen molar-refractivity contribution in [2.75, 3.05) is 31.6 Å².